The van der Waals surface area contributed by atoms with E-state index in [0.717, 1.165) is 15.8 Å². The van der Waals surface area contributed by atoms with Gasteiger partial charge in [-0.3, -0.25) is 9.59 Å². The van der Waals surface area contributed by atoms with Crippen molar-refractivity contribution in [1.29, 1.82) is 0 Å². The smallest absolute Gasteiger partial charge is 0.270 e. The Bertz CT molecular complexity index is 1350. The topological polar surface area (TPSA) is 54.8 Å². The number of benzene rings is 2. The van der Waals surface area contributed by atoms with Crippen LogP contribution in [0.3, 0.4) is 0 Å². The molecule has 6 nitrogen and oxygen atoms in total. The van der Waals surface area contributed by atoms with Crippen LogP contribution in [-0.2, 0) is 11.3 Å². The van der Waals surface area contributed by atoms with Gasteiger partial charge >= 0.3 is 0 Å². The lowest BCUT2D eigenvalue weighted by Gasteiger charge is -2.39. The molecule has 1 saturated heterocycles. The van der Waals surface area contributed by atoms with Crippen LogP contribution in [0.1, 0.15) is 23.0 Å². The van der Waals surface area contributed by atoms with E-state index >= 15 is 0 Å². The number of rotatable bonds is 6. The molecule has 35 heavy (non-hydrogen) atoms. The molecule has 1 atom stereocenters. The van der Waals surface area contributed by atoms with E-state index in [0.29, 0.717) is 37.6 Å². The zero-order chi connectivity index (χ0) is 24.4. The fourth-order valence-corrected chi connectivity index (χ4v) is 5.44. The third-order valence-electron chi connectivity index (χ3n) is 6.29. The van der Waals surface area contributed by atoms with E-state index in [1.807, 2.05) is 65.4 Å². The molecule has 2 aromatic heterocycles. The summed E-state index contributed by atoms with van der Waals surface area (Å²) in [6, 6.07) is 19.5. The minimum atomic E-state index is -0.296. The van der Waals surface area contributed by atoms with Gasteiger partial charge in [0.25, 0.3) is 11.8 Å². The van der Waals surface area contributed by atoms with Crippen molar-refractivity contribution in [3.05, 3.63) is 89.2 Å². The van der Waals surface area contributed by atoms with Crippen molar-refractivity contribution in [1.82, 2.24) is 14.4 Å². The van der Waals surface area contributed by atoms with E-state index in [2.05, 4.69) is 0 Å². The van der Waals surface area contributed by atoms with Crippen LogP contribution >= 0.6 is 11.3 Å². The second-order valence-corrected chi connectivity index (χ2v) is 9.61. The van der Waals surface area contributed by atoms with Gasteiger partial charge in [-0.15, -0.1) is 11.3 Å². The molecule has 5 rings (SSSR count). The van der Waals surface area contributed by atoms with E-state index in [-0.39, 0.29) is 30.3 Å². The molecular weight excluding hydrogens is 465 g/mol. The summed E-state index contributed by atoms with van der Waals surface area (Å²) in [4.78, 5) is 30.9. The van der Waals surface area contributed by atoms with Crippen LogP contribution < -0.4 is 4.74 Å². The number of carbonyl (C=O) groups is 2. The second-order valence-electron chi connectivity index (χ2n) is 8.72. The van der Waals surface area contributed by atoms with Crippen molar-refractivity contribution < 1.29 is 18.7 Å². The third kappa shape index (κ3) is 4.93. The molecule has 0 saturated carbocycles. The van der Waals surface area contributed by atoms with Gasteiger partial charge in [0, 0.05) is 37.6 Å². The molecule has 1 aliphatic rings. The number of thiophene rings is 1. The van der Waals surface area contributed by atoms with E-state index in [1.54, 1.807) is 27.2 Å². The Hall–Kier alpha value is -3.65. The largest absolute Gasteiger partial charge is 0.484 e. The van der Waals surface area contributed by atoms with Crippen molar-refractivity contribution in [2.24, 2.45) is 0 Å². The standard InChI is InChI=1S/C27H26FN3O3S/c1-19-16-29(11-12-30(19)25(32)18-34-23-8-3-2-4-9-23)26(33)24-15-21-10-13-35-27(21)31(24)17-20-6-5-7-22(28)14-20/h2-10,13-15,19H,11-12,16-18H2,1H3. The number of piperazine rings is 1. The molecular formula is C27H26FN3O3S. The molecule has 8 heteroatoms. The number of para-hydroxylation sites is 1. The highest BCUT2D eigenvalue weighted by Crippen LogP contribution is 2.28. The van der Waals surface area contributed by atoms with Crippen LogP contribution in [-0.4, -0.2) is 58.5 Å². The van der Waals surface area contributed by atoms with Gasteiger partial charge in [0.2, 0.25) is 0 Å². The lowest BCUT2D eigenvalue weighted by molar-refractivity contribution is -0.137. The zero-order valence-electron chi connectivity index (χ0n) is 19.4. The fraction of sp³-hybridized carbons (Fsp3) is 0.259. The minimum absolute atomic E-state index is 0.0327. The highest BCUT2D eigenvalue weighted by atomic mass is 32.1. The van der Waals surface area contributed by atoms with Gasteiger partial charge < -0.3 is 19.1 Å². The molecule has 0 bridgehead atoms. The first kappa shape index (κ1) is 23.1. The lowest BCUT2D eigenvalue weighted by atomic mass is 10.1. The predicted octanol–water partition coefficient (Wildman–Crippen LogP) is 4.64. The Morgan fingerprint density at radius 3 is 2.66 bits per heavy atom. The van der Waals surface area contributed by atoms with Crippen molar-refractivity contribution in [2.75, 3.05) is 26.2 Å². The predicted molar refractivity (Wildman–Crippen MR) is 134 cm³/mol. The average molecular weight is 492 g/mol. The summed E-state index contributed by atoms with van der Waals surface area (Å²) in [5.41, 5.74) is 1.38. The summed E-state index contributed by atoms with van der Waals surface area (Å²) in [6.07, 6.45) is 0. The number of aromatic nitrogens is 1. The first-order valence-corrected chi connectivity index (χ1v) is 12.5. The number of amides is 2. The Kier molecular flexibility index (Phi) is 6.55. The molecule has 1 aliphatic heterocycles. The third-order valence-corrected chi connectivity index (χ3v) is 7.24. The number of ether oxygens (including phenoxy) is 1. The van der Waals surface area contributed by atoms with Crippen LogP contribution in [0, 0.1) is 5.82 Å². The van der Waals surface area contributed by atoms with Crippen molar-refractivity contribution in [2.45, 2.75) is 19.5 Å². The maximum Gasteiger partial charge on any atom is 0.270 e. The summed E-state index contributed by atoms with van der Waals surface area (Å²) >= 11 is 1.56. The zero-order valence-corrected chi connectivity index (χ0v) is 20.2. The Labute approximate surface area is 207 Å². The van der Waals surface area contributed by atoms with Crippen molar-refractivity contribution >= 4 is 33.4 Å². The first-order valence-electron chi connectivity index (χ1n) is 11.6. The molecule has 1 unspecified atom stereocenters. The summed E-state index contributed by atoms with van der Waals surface area (Å²) < 4.78 is 21.4. The molecule has 0 aliphatic carbocycles. The number of carbonyl (C=O) groups excluding carboxylic acids is 2. The van der Waals surface area contributed by atoms with Gasteiger partial charge in [-0.05, 0) is 54.3 Å². The van der Waals surface area contributed by atoms with Crippen molar-refractivity contribution in [3.63, 3.8) is 0 Å². The maximum atomic E-state index is 13.8. The summed E-state index contributed by atoms with van der Waals surface area (Å²) in [5.74, 6) is 0.185. The summed E-state index contributed by atoms with van der Waals surface area (Å²) in [7, 11) is 0. The number of hydrogen-bond acceptors (Lipinski definition) is 4. The molecule has 3 heterocycles. The van der Waals surface area contributed by atoms with Gasteiger partial charge in [-0.1, -0.05) is 30.3 Å². The van der Waals surface area contributed by atoms with E-state index in [1.165, 1.54) is 12.1 Å². The Balaban J connectivity index is 1.28. The van der Waals surface area contributed by atoms with Crippen LogP contribution in [0.25, 0.3) is 10.2 Å². The minimum Gasteiger partial charge on any atom is -0.484 e. The van der Waals surface area contributed by atoms with E-state index in [4.69, 9.17) is 4.74 Å². The maximum absolute atomic E-state index is 13.8. The molecule has 180 valence electrons. The van der Waals surface area contributed by atoms with Gasteiger partial charge in [-0.25, -0.2) is 4.39 Å². The van der Waals surface area contributed by atoms with Crippen LogP contribution in [0.5, 0.6) is 5.75 Å². The van der Waals surface area contributed by atoms with Crippen molar-refractivity contribution in [3.8, 4) is 5.75 Å². The highest BCUT2D eigenvalue weighted by Gasteiger charge is 2.32. The lowest BCUT2D eigenvalue weighted by Crippen LogP contribution is -2.56. The van der Waals surface area contributed by atoms with E-state index in [9.17, 15) is 14.0 Å². The van der Waals surface area contributed by atoms with E-state index < -0.39 is 0 Å². The quantitative estimate of drug-likeness (QED) is 0.395. The molecule has 0 spiro atoms. The number of nitrogens with zero attached hydrogens (tertiary/aromatic N) is 3. The summed E-state index contributed by atoms with van der Waals surface area (Å²) in [5, 5.41) is 2.99. The highest BCUT2D eigenvalue weighted by molar-refractivity contribution is 7.16. The second kappa shape index (κ2) is 9.92. The van der Waals surface area contributed by atoms with Crippen LogP contribution in [0.2, 0.25) is 0 Å². The number of halogens is 1. The SMILES string of the molecule is CC1CN(C(=O)c2cc3ccsc3n2Cc2cccc(F)c2)CCN1C(=O)COc1ccccc1. The van der Waals surface area contributed by atoms with Gasteiger partial charge in [-0.2, -0.15) is 0 Å². The molecule has 4 aromatic rings. The number of hydrogen-bond donors (Lipinski definition) is 0. The van der Waals surface area contributed by atoms with Crippen LogP contribution in [0.4, 0.5) is 4.39 Å². The first-order chi connectivity index (χ1) is 17.0. The average Bonchev–Trinajstić information content (AvgIpc) is 3.45. The van der Waals surface area contributed by atoms with Crippen LogP contribution in [0.15, 0.2) is 72.1 Å². The molecule has 0 radical (unpaired) electrons. The monoisotopic (exact) mass is 491 g/mol. The Morgan fingerprint density at radius 2 is 1.89 bits per heavy atom. The number of fused-ring (bicyclic) bond motifs is 1. The molecule has 0 N–H and O–H groups in total. The van der Waals surface area contributed by atoms with Gasteiger partial charge in [0.05, 0.1) is 0 Å². The summed E-state index contributed by atoms with van der Waals surface area (Å²) in [6.45, 7) is 3.66. The van der Waals surface area contributed by atoms with Gasteiger partial charge in [0.1, 0.15) is 22.1 Å². The molecule has 2 aromatic carbocycles. The molecule has 2 amide bonds. The fourth-order valence-electron chi connectivity index (χ4n) is 4.55. The van der Waals surface area contributed by atoms with Gasteiger partial charge in [0.15, 0.2) is 6.61 Å². The molecule has 1 fully saturated rings. The normalized spacial score (nSPS) is 16.0. The Morgan fingerprint density at radius 1 is 1.06 bits per heavy atom.